The fourth-order valence-electron chi connectivity index (χ4n) is 3.49. The van der Waals surface area contributed by atoms with Crippen molar-refractivity contribution in [2.45, 2.75) is 52.1 Å². The molecule has 1 aliphatic carbocycles. The quantitative estimate of drug-likeness (QED) is 0.618. The van der Waals surface area contributed by atoms with Gasteiger partial charge in [-0.2, -0.15) is 8.42 Å². The van der Waals surface area contributed by atoms with Crippen molar-refractivity contribution in [3.63, 3.8) is 0 Å². The lowest BCUT2D eigenvalue weighted by Crippen LogP contribution is -2.36. The summed E-state index contributed by atoms with van der Waals surface area (Å²) in [4.78, 5) is 14.9. The van der Waals surface area contributed by atoms with Crippen LogP contribution in [0.3, 0.4) is 0 Å². The Kier molecular flexibility index (Phi) is 6.78. The van der Waals surface area contributed by atoms with E-state index in [1.807, 2.05) is 17.0 Å². The molecule has 0 atom stereocenters. The normalized spacial score (nSPS) is 15.3. The predicted octanol–water partition coefficient (Wildman–Crippen LogP) is 4.12. The van der Waals surface area contributed by atoms with Gasteiger partial charge in [-0.15, -0.1) is 0 Å². The number of hydrogen-bond donors (Lipinski definition) is 0. The van der Waals surface area contributed by atoms with Crippen LogP contribution in [0.2, 0.25) is 0 Å². The van der Waals surface area contributed by atoms with E-state index in [1.165, 1.54) is 13.3 Å². The van der Waals surface area contributed by atoms with Crippen molar-refractivity contribution in [2.24, 2.45) is 5.92 Å². The van der Waals surface area contributed by atoms with Gasteiger partial charge in [0.15, 0.2) is 0 Å². The molecule has 1 saturated carbocycles. The Balaban J connectivity index is 1.72. The van der Waals surface area contributed by atoms with Gasteiger partial charge in [-0.3, -0.25) is 4.79 Å². The molecule has 6 nitrogen and oxygen atoms in total. The standard InChI is InChI=1S/C21H27NO5S/c1-2-28(24,25)27-19-12-10-17(11-13-19)15-22(16-20-9-6-14-26-20)21(23)18-7-4-3-5-8-18/h6,9-14,18H,2-5,7-8,15-16H2,1H3. The van der Waals surface area contributed by atoms with Crippen molar-refractivity contribution in [3.05, 3.63) is 54.0 Å². The molecular formula is C21H27NO5S. The van der Waals surface area contributed by atoms with Gasteiger partial charge in [0.05, 0.1) is 18.6 Å². The first kappa shape index (κ1) is 20.5. The number of amides is 1. The van der Waals surface area contributed by atoms with Crippen LogP contribution in [0, 0.1) is 5.92 Å². The van der Waals surface area contributed by atoms with Gasteiger partial charge in [-0.05, 0) is 49.6 Å². The Bertz CT molecular complexity index is 853. The van der Waals surface area contributed by atoms with Crippen molar-refractivity contribution in [3.8, 4) is 5.75 Å². The molecule has 1 aromatic heterocycles. The zero-order valence-corrected chi connectivity index (χ0v) is 17.0. The first-order chi connectivity index (χ1) is 13.5. The topological polar surface area (TPSA) is 76.8 Å². The molecule has 1 aliphatic rings. The van der Waals surface area contributed by atoms with E-state index in [4.69, 9.17) is 8.60 Å². The lowest BCUT2D eigenvalue weighted by molar-refractivity contribution is -0.138. The molecule has 7 heteroatoms. The molecular weight excluding hydrogens is 378 g/mol. The molecule has 2 aromatic rings. The predicted molar refractivity (Wildman–Crippen MR) is 106 cm³/mol. The molecule has 0 bridgehead atoms. The zero-order chi connectivity index (χ0) is 20.0. The van der Waals surface area contributed by atoms with E-state index in [0.29, 0.717) is 13.1 Å². The molecule has 1 fully saturated rings. The lowest BCUT2D eigenvalue weighted by Gasteiger charge is -2.29. The number of carbonyl (C=O) groups excluding carboxylic acids is 1. The maximum atomic E-state index is 13.1. The number of furan rings is 1. The average molecular weight is 406 g/mol. The minimum atomic E-state index is -3.55. The second-order valence-corrected chi connectivity index (χ2v) is 9.04. The summed E-state index contributed by atoms with van der Waals surface area (Å²) in [7, 11) is -3.55. The van der Waals surface area contributed by atoms with Crippen LogP contribution in [0.1, 0.15) is 50.4 Å². The second-order valence-electron chi connectivity index (χ2n) is 7.18. The molecule has 0 unspecified atom stereocenters. The van der Waals surface area contributed by atoms with E-state index >= 15 is 0 Å². The zero-order valence-electron chi connectivity index (χ0n) is 16.2. The molecule has 1 heterocycles. The fraction of sp³-hybridized carbons (Fsp3) is 0.476. The van der Waals surface area contributed by atoms with Crippen LogP contribution < -0.4 is 4.18 Å². The van der Waals surface area contributed by atoms with E-state index in [1.54, 1.807) is 30.5 Å². The Hall–Kier alpha value is -2.28. The monoisotopic (exact) mass is 405 g/mol. The van der Waals surface area contributed by atoms with Crippen LogP contribution in [0.25, 0.3) is 0 Å². The van der Waals surface area contributed by atoms with Gasteiger partial charge >= 0.3 is 10.1 Å². The third kappa shape index (κ3) is 5.61. The van der Waals surface area contributed by atoms with Crippen molar-refractivity contribution in [1.29, 1.82) is 0 Å². The Morgan fingerprint density at radius 2 is 1.82 bits per heavy atom. The molecule has 152 valence electrons. The van der Waals surface area contributed by atoms with Crippen LogP contribution in [0.4, 0.5) is 0 Å². The molecule has 0 radical (unpaired) electrons. The maximum Gasteiger partial charge on any atom is 0.308 e. The number of nitrogens with zero attached hydrogens (tertiary/aromatic N) is 1. The summed E-state index contributed by atoms with van der Waals surface area (Å²) in [6.45, 7) is 2.40. The highest BCUT2D eigenvalue weighted by atomic mass is 32.2. The molecule has 0 N–H and O–H groups in total. The Morgan fingerprint density at radius 1 is 1.11 bits per heavy atom. The van der Waals surface area contributed by atoms with Crippen LogP contribution in [0.5, 0.6) is 5.75 Å². The summed E-state index contributed by atoms with van der Waals surface area (Å²) in [6, 6.07) is 10.5. The number of benzene rings is 1. The fourth-order valence-corrected chi connectivity index (χ4v) is 4.01. The lowest BCUT2D eigenvalue weighted by atomic mass is 9.88. The van der Waals surface area contributed by atoms with Gasteiger partial charge in [0.2, 0.25) is 5.91 Å². The molecule has 28 heavy (non-hydrogen) atoms. The highest BCUT2D eigenvalue weighted by molar-refractivity contribution is 7.87. The van der Waals surface area contributed by atoms with Gasteiger partial charge in [-0.25, -0.2) is 0 Å². The molecule has 3 rings (SSSR count). The summed E-state index contributed by atoms with van der Waals surface area (Å²) < 4.78 is 33.6. The number of hydrogen-bond acceptors (Lipinski definition) is 5. The van der Waals surface area contributed by atoms with Gasteiger partial charge < -0.3 is 13.5 Å². The third-order valence-corrected chi connectivity index (χ3v) is 6.22. The number of rotatable bonds is 8. The van der Waals surface area contributed by atoms with Crippen LogP contribution in [0.15, 0.2) is 47.1 Å². The van der Waals surface area contributed by atoms with Gasteiger partial charge in [0.25, 0.3) is 0 Å². The van der Waals surface area contributed by atoms with Crippen LogP contribution in [-0.4, -0.2) is 25.0 Å². The Morgan fingerprint density at radius 3 is 2.43 bits per heavy atom. The number of carbonyl (C=O) groups is 1. The van der Waals surface area contributed by atoms with Crippen molar-refractivity contribution < 1.29 is 21.8 Å². The highest BCUT2D eigenvalue weighted by Crippen LogP contribution is 2.27. The molecule has 1 aromatic carbocycles. The minimum absolute atomic E-state index is 0.0704. The molecule has 1 amide bonds. The minimum Gasteiger partial charge on any atom is -0.467 e. The summed E-state index contributed by atoms with van der Waals surface area (Å²) in [5.41, 5.74) is 0.914. The van der Waals surface area contributed by atoms with Gasteiger partial charge in [-0.1, -0.05) is 31.4 Å². The van der Waals surface area contributed by atoms with E-state index in [-0.39, 0.29) is 23.3 Å². The molecule has 0 saturated heterocycles. The van der Waals surface area contributed by atoms with E-state index in [0.717, 1.165) is 37.0 Å². The summed E-state index contributed by atoms with van der Waals surface area (Å²) in [5.74, 6) is 1.17. The van der Waals surface area contributed by atoms with Crippen LogP contribution in [-0.2, 0) is 28.0 Å². The first-order valence-electron chi connectivity index (χ1n) is 9.79. The van der Waals surface area contributed by atoms with Gasteiger partial charge in [0, 0.05) is 12.5 Å². The highest BCUT2D eigenvalue weighted by Gasteiger charge is 2.26. The van der Waals surface area contributed by atoms with Gasteiger partial charge in [0.1, 0.15) is 11.5 Å². The largest absolute Gasteiger partial charge is 0.467 e. The van der Waals surface area contributed by atoms with Crippen molar-refractivity contribution in [2.75, 3.05) is 5.75 Å². The summed E-state index contributed by atoms with van der Waals surface area (Å²) >= 11 is 0. The Labute approximate surface area is 166 Å². The maximum absolute atomic E-state index is 13.1. The molecule has 0 spiro atoms. The smallest absolute Gasteiger partial charge is 0.308 e. The van der Waals surface area contributed by atoms with Crippen LogP contribution >= 0.6 is 0 Å². The van der Waals surface area contributed by atoms with E-state index < -0.39 is 10.1 Å². The third-order valence-electron chi connectivity index (χ3n) is 5.07. The average Bonchev–Trinajstić information content (AvgIpc) is 3.22. The summed E-state index contributed by atoms with van der Waals surface area (Å²) in [6.07, 6.45) is 6.89. The molecule has 0 aliphatic heterocycles. The SMILES string of the molecule is CCS(=O)(=O)Oc1ccc(CN(Cc2ccco2)C(=O)C2CCCCC2)cc1. The van der Waals surface area contributed by atoms with E-state index in [2.05, 4.69) is 0 Å². The second kappa shape index (κ2) is 9.28. The van der Waals surface area contributed by atoms with Crippen molar-refractivity contribution >= 4 is 16.0 Å². The summed E-state index contributed by atoms with van der Waals surface area (Å²) in [5, 5.41) is 0. The van der Waals surface area contributed by atoms with E-state index in [9.17, 15) is 13.2 Å². The van der Waals surface area contributed by atoms with Crippen molar-refractivity contribution in [1.82, 2.24) is 4.90 Å². The first-order valence-corrected chi connectivity index (χ1v) is 11.4.